The van der Waals surface area contributed by atoms with Crippen LogP contribution in [0.5, 0.6) is 0 Å². The van der Waals surface area contributed by atoms with Crippen molar-refractivity contribution in [1.82, 2.24) is 14.5 Å². The predicted molar refractivity (Wildman–Crippen MR) is 96.8 cm³/mol. The third kappa shape index (κ3) is 3.55. The molecule has 0 aliphatic rings. The fraction of sp³-hybridized carbons (Fsp3) is 0.0500. The van der Waals surface area contributed by atoms with Crippen molar-refractivity contribution in [3.05, 3.63) is 78.8 Å². The Bertz CT molecular complexity index is 1050. The third-order valence-electron chi connectivity index (χ3n) is 4.08. The molecule has 0 bridgehead atoms. The van der Waals surface area contributed by atoms with Crippen molar-refractivity contribution in [3.8, 4) is 16.9 Å². The summed E-state index contributed by atoms with van der Waals surface area (Å²) in [6.07, 6.45) is 3.58. The van der Waals surface area contributed by atoms with E-state index in [1.165, 1.54) is 0 Å². The SMILES string of the molecule is O=C(O)Cc1ccc(-n2cnc3cc(-c4ccccn4)ccc32)cc1.[H-].[Li+]. The van der Waals surface area contributed by atoms with Gasteiger partial charge in [0.15, 0.2) is 0 Å². The van der Waals surface area contributed by atoms with E-state index in [1.807, 2.05) is 65.2 Å². The maximum absolute atomic E-state index is 10.8. The number of aliphatic carboxylic acids is 1. The average molecular weight is 337 g/mol. The van der Waals surface area contributed by atoms with Crippen molar-refractivity contribution in [2.45, 2.75) is 6.42 Å². The van der Waals surface area contributed by atoms with Crippen LogP contribution >= 0.6 is 0 Å². The fourth-order valence-electron chi connectivity index (χ4n) is 2.86. The molecule has 0 aliphatic carbocycles. The summed E-state index contributed by atoms with van der Waals surface area (Å²) in [5.41, 5.74) is 5.54. The maximum Gasteiger partial charge on any atom is 1.00 e. The van der Waals surface area contributed by atoms with Crippen LogP contribution in [-0.2, 0) is 11.2 Å². The number of carbonyl (C=O) groups is 1. The predicted octanol–water partition coefficient (Wildman–Crippen LogP) is 0.831. The summed E-state index contributed by atoms with van der Waals surface area (Å²) >= 11 is 0. The van der Waals surface area contributed by atoms with Gasteiger partial charge in [0.05, 0.1) is 23.1 Å². The Kier molecular flexibility index (Phi) is 5.22. The van der Waals surface area contributed by atoms with Crippen molar-refractivity contribution in [2.75, 3.05) is 0 Å². The molecule has 0 saturated heterocycles. The van der Waals surface area contributed by atoms with Gasteiger partial charge in [0.1, 0.15) is 6.33 Å². The van der Waals surface area contributed by atoms with Gasteiger partial charge in [-0.05, 0) is 42.0 Å². The molecule has 124 valence electrons. The van der Waals surface area contributed by atoms with Gasteiger partial charge < -0.3 is 6.53 Å². The molecular weight excluding hydrogens is 321 g/mol. The van der Waals surface area contributed by atoms with Crippen LogP contribution in [0.2, 0.25) is 0 Å². The number of carboxylic acids is 1. The molecule has 0 amide bonds. The molecule has 5 nitrogen and oxygen atoms in total. The molecule has 0 aliphatic heterocycles. The topological polar surface area (TPSA) is 68.0 Å². The zero-order chi connectivity index (χ0) is 17.2. The second-order valence-electron chi connectivity index (χ2n) is 5.77. The number of aromatic nitrogens is 3. The van der Waals surface area contributed by atoms with E-state index >= 15 is 0 Å². The van der Waals surface area contributed by atoms with E-state index in [1.54, 1.807) is 12.5 Å². The first-order valence-corrected chi connectivity index (χ1v) is 7.90. The summed E-state index contributed by atoms with van der Waals surface area (Å²) < 4.78 is 1.99. The Morgan fingerprint density at radius 3 is 2.54 bits per heavy atom. The first-order chi connectivity index (χ1) is 12.2. The Labute approximate surface area is 164 Å². The minimum Gasteiger partial charge on any atom is -1.00 e. The first kappa shape index (κ1) is 17.9. The van der Waals surface area contributed by atoms with Gasteiger partial charge in [-0.3, -0.25) is 14.3 Å². The Morgan fingerprint density at radius 2 is 1.85 bits per heavy atom. The summed E-state index contributed by atoms with van der Waals surface area (Å²) in [6.45, 7) is 0. The molecule has 0 unspecified atom stereocenters. The van der Waals surface area contributed by atoms with Gasteiger partial charge in [-0.25, -0.2) is 4.98 Å². The number of benzene rings is 2. The summed E-state index contributed by atoms with van der Waals surface area (Å²) in [4.78, 5) is 19.7. The molecule has 4 aromatic rings. The van der Waals surface area contributed by atoms with E-state index in [2.05, 4.69) is 9.97 Å². The van der Waals surface area contributed by atoms with Crippen LogP contribution in [0.4, 0.5) is 0 Å². The number of carboxylic acid groups (broad SMARTS) is 1. The zero-order valence-electron chi connectivity index (χ0n) is 15.3. The first-order valence-electron chi connectivity index (χ1n) is 7.90. The van der Waals surface area contributed by atoms with Crippen molar-refractivity contribution in [3.63, 3.8) is 0 Å². The minimum atomic E-state index is -0.831. The van der Waals surface area contributed by atoms with Crippen LogP contribution in [-0.4, -0.2) is 25.6 Å². The molecule has 0 saturated carbocycles. The van der Waals surface area contributed by atoms with E-state index in [0.29, 0.717) is 0 Å². The van der Waals surface area contributed by atoms with E-state index in [4.69, 9.17) is 5.11 Å². The zero-order valence-corrected chi connectivity index (χ0v) is 14.3. The molecule has 0 atom stereocenters. The van der Waals surface area contributed by atoms with E-state index in [-0.39, 0.29) is 26.7 Å². The molecule has 2 aromatic carbocycles. The van der Waals surface area contributed by atoms with Crippen LogP contribution in [0.1, 0.15) is 6.99 Å². The van der Waals surface area contributed by atoms with Crippen LogP contribution < -0.4 is 18.9 Å². The maximum atomic E-state index is 10.8. The molecule has 1 N–H and O–H groups in total. The monoisotopic (exact) mass is 337 g/mol. The summed E-state index contributed by atoms with van der Waals surface area (Å²) in [6, 6.07) is 19.4. The van der Waals surface area contributed by atoms with Crippen molar-refractivity contribution >= 4 is 17.0 Å². The number of hydrogen-bond donors (Lipinski definition) is 1. The summed E-state index contributed by atoms with van der Waals surface area (Å²) in [5, 5.41) is 8.86. The van der Waals surface area contributed by atoms with Crippen LogP contribution in [0, 0.1) is 0 Å². The Morgan fingerprint density at radius 1 is 1.04 bits per heavy atom. The molecule has 2 heterocycles. The fourth-order valence-corrected chi connectivity index (χ4v) is 2.86. The number of fused-ring (bicyclic) bond motifs is 1. The quantitative estimate of drug-likeness (QED) is 0.560. The van der Waals surface area contributed by atoms with Crippen molar-refractivity contribution in [2.24, 2.45) is 0 Å². The molecule has 0 radical (unpaired) electrons. The largest absolute Gasteiger partial charge is 1.00 e. The number of nitrogens with zero attached hydrogens (tertiary/aromatic N) is 3. The van der Waals surface area contributed by atoms with Crippen LogP contribution in [0.15, 0.2) is 73.2 Å². The minimum absolute atomic E-state index is 0. The summed E-state index contributed by atoms with van der Waals surface area (Å²) in [7, 11) is 0. The van der Waals surface area contributed by atoms with Gasteiger partial charge in [0.25, 0.3) is 0 Å². The second kappa shape index (κ2) is 7.57. The van der Waals surface area contributed by atoms with Gasteiger partial charge in [0.2, 0.25) is 0 Å². The van der Waals surface area contributed by atoms with E-state index in [9.17, 15) is 4.79 Å². The molecule has 2 aromatic heterocycles. The van der Waals surface area contributed by atoms with Crippen molar-refractivity contribution < 1.29 is 30.2 Å². The number of rotatable bonds is 4. The smallest absolute Gasteiger partial charge is 1.00 e. The standard InChI is InChI=1S/C20H15N3O2.Li.H/c24-20(25)11-14-4-7-16(8-5-14)23-13-22-18-12-15(6-9-19(18)23)17-3-1-2-10-21-17;;/h1-10,12-13H,11H2,(H,24,25);;/q;+1;-1. The average Bonchev–Trinajstić information content (AvgIpc) is 3.06. The van der Waals surface area contributed by atoms with Gasteiger partial charge in [-0.2, -0.15) is 0 Å². The summed E-state index contributed by atoms with van der Waals surface area (Å²) in [5.74, 6) is -0.831. The molecule has 6 heteroatoms. The Balaban J connectivity index is 0.00000131. The van der Waals surface area contributed by atoms with E-state index in [0.717, 1.165) is 33.5 Å². The molecule has 26 heavy (non-hydrogen) atoms. The number of imidazole rings is 1. The van der Waals surface area contributed by atoms with Gasteiger partial charge >= 0.3 is 24.8 Å². The third-order valence-corrected chi connectivity index (χ3v) is 4.08. The van der Waals surface area contributed by atoms with Gasteiger partial charge in [0, 0.05) is 17.4 Å². The second-order valence-corrected chi connectivity index (χ2v) is 5.77. The molecule has 0 fully saturated rings. The van der Waals surface area contributed by atoms with Crippen molar-refractivity contribution in [1.29, 1.82) is 0 Å². The van der Waals surface area contributed by atoms with Crippen LogP contribution in [0.3, 0.4) is 0 Å². The normalized spacial score (nSPS) is 10.5. The molecular formula is C20H16LiN3O2. The van der Waals surface area contributed by atoms with E-state index < -0.39 is 5.97 Å². The number of hydrogen-bond acceptors (Lipinski definition) is 3. The number of pyridine rings is 1. The Hall–Kier alpha value is -2.87. The van der Waals surface area contributed by atoms with Gasteiger partial charge in [-0.15, -0.1) is 0 Å². The molecule has 0 spiro atoms. The van der Waals surface area contributed by atoms with Crippen LogP contribution in [0.25, 0.3) is 28.0 Å². The van der Waals surface area contributed by atoms with Gasteiger partial charge in [-0.1, -0.05) is 24.3 Å². The molecule has 4 rings (SSSR count).